The zero-order valence-corrected chi connectivity index (χ0v) is 26.4. The summed E-state index contributed by atoms with van der Waals surface area (Å²) in [6, 6.07) is -1.51. The zero-order valence-electron chi connectivity index (χ0n) is 26.4. The number of ether oxygens (including phenoxy) is 8. The Morgan fingerprint density at radius 2 is 1.10 bits per heavy atom. The summed E-state index contributed by atoms with van der Waals surface area (Å²) >= 11 is 0. The second kappa shape index (κ2) is 17.5. The van der Waals surface area contributed by atoms with Gasteiger partial charge in [-0.15, -0.1) is 0 Å². The molecule has 0 aromatic rings. The van der Waals surface area contributed by atoms with Crippen LogP contribution in [0.25, 0.3) is 0 Å². The van der Waals surface area contributed by atoms with Crippen molar-refractivity contribution in [1.29, 1.82) is 0 Å². The molecular formula is C27H47NO21. The predicted molar refractivity (Wildman–Crippen MR) is 150 cm³/mol. The van der Waals surface area contributed by atoms with Crippen molar-refractivity contribution in [2.75, 3.05) is 33.5 Å². The van der Waals surface area contributed by atoms with Crippen LogP contribution in [0, 0.1) is 0 Å². The third-order valence-corrected chi connectivity index (χ3v) is 8.84. The molecule has 4 heterocycles. The summed E-state index contributed by atoms with van der Waals surface area (Å²) < 4.78 is 43.9. The van der Waals surface area contributed by atoms with Crippen LogP contribution in [0.4, 0.5) is 0 Å². The Morgan fingerprint density at radius 1 is 0.571 bits per heavy atom. The molecule has 0 saturated carbocycles. The molecule has 0 bridgehead atoms. The van der Waals surface area contributed by atoms with Gasteiger partial charge in [0.15, 0.2) is 25.2 Å². The number of rotatable bonds is 12. The highest BCUT2D eigenvalue weighted by molar-refractivity contribution is 5.73. The first-order valence-corrected chi connectivity index (χ1v) is 15.5. The summed E-state index contributed by atoms with van der Waals surface area (Å²) in [6.45, 7) is -1.90. The fourth-order valence-electron chi connectivity index (χ4n) is 6.09. The van der Waals surface area contributed by atoms with Gasteiger partial charge in [0.1, 0.15) is 97.6 Å². The second-order valence-electron chi connectivity index (χ2n) is 12.1. The summed E-state index contributed by atoms with van der Waals surface area (Å²) in [5.74, 6) is -0.703. The molecule has 22 nitrogen and oxygen atoms in total. The van der Waals surface area contributed by atoms with E-state index < -0.39 is 155 Å². The van der Waals surface area contributed by atoms with E-state index >= 15 is 0 Å². The molecular weight excluding hydrogens is 674 g/mol. The average molecular weight is 722 g/mol. The second-order valence-corrected chi connectivity index (χ2v) is 12.1. The van der Waals surface area contributed by atoms with E-state index in [-0.39, 0.29) is 0 Å². The summed E-state index contributed by atoms with van der Waals surface area (Å²) in [4.78, 5) is 11.9. The molecule has 1 amide bonds. The Bertz CT molecular complexity index is 1040. The first-order chi connectivity index (χ1) is 23.2. The molecule has 4 aliphatic heterocycles. The first kappa shape index (κ1) is 40.4. The lowest BCUT2D eigenvalue weighted by atomic mass is 9.95. The Morgan fingerprint density at radius 3 is 1.67 bits per heavy atom. The van der Waals surface area contributed by atoms with Crippen molar-refractivity contribution in [3.05, 3.63) is 0 Å². The molecule has 49 heavy (non-hydrogen) atoms. The third kappa shape index (κ3) is 8.66. The Kier molecular flexibility index (Phi) is 14.4. The number of aliphatic hydroxyl groups excluding tert-OH is 12. The van der Waals surface area contributed by atoms with E-state index in [4.69, 9.17) is 37.9 Å². The van der Waals surface area contributed by atoms with Crippen LogP contribution in [0.5, 0.6) is 0 Å². The largest absolute Gasteiger partial charge is 0.394 e. The molecule has 20 atom stereocenters. The van der Waals surface area contributed by atoms with Crippen LogP contribution in [0.1, 0.15) is 6.92 Å². The van der Waals surface area contributed by atoms with Crippen molar-refractivity contribution in [3.63, 3.8) is 0 Å². The lowest BCUT2D eigenvalue weighted by molar-refractivity contribution is -0.383. The maximum absolute atomic E-state index is 11.9. The Hall–Kier alpha value is -1.33. The van der Waals surface area contributed by atoms with Gasteiger partial charge in [-0.1, -0.05) is 0 Å². The van der Waals surface area contributed by atoms with Crippen LogP contribution in [-0.4, -0.2) is 223 Å². The van der Waals surface area contributed by atoms with Gasteiger partial charge in [-0.25, -0.2) is 0 Å². The standard InChI is InChI=1S/C27H47NO21/c1-7(32)28-12-16(36)13(33)8(3-29)45-25(12)49-23-17(37)14(34)9(4-30)46-27(23)48-22-15(35)11(44-24(41)20(22)40)6-43-26-19(39)18(38)21(42-2)10(5-31)47-26/h8-27,29-31,33-41H,3-6H2,1-2H3,(H,28,32)/t8-,9-,10-,11-,12-,13-,14-,15-,16-,17+,18-,19+,20+,21-,22+,23+,24-,25+,26+,27-/m1/s1. The van der Waals surface area contributed by atoms with E-state index in [9.17, 15) is 66.1 Å². The van der Waals surface area contributed by atoms with E-state index in [1.54, 1.807) is 0 Å². The third-order valence-electron chi connectivity index (χ3n) is 8.84. The molecule has 13 N–H and O–H groups in total. The van der Waals surface area contributed by atoms with Crippen molar-refractivity contribution in [2.24, 2.45) is 0 Å². The first-order valence-electron chi connectivity index (χ1n) is 15.5. The van der Waals surface area contributed by atoms with Gasteiger partial charge in [0, 0.05) is 14.0 Å². The molecule has 4 fully saturated rings. The number of carbonyl (C=O) groups is 1. The average Bonchev–Trinajstić information content (AvgIpc) is 3.07. The number of amides is 1. The smallest absolute Gasteiger partial charge is 0.217 e. The highest BCUT2D eigenvalue weighted by Gasteiger charge is 2.54. The molecule has 286 valence electrons. The number of carbonyl (C=O) groups excluding carboxylic acids is 1. The zero-order chi connectivity index (χ0) is 36.3. The molecule has 0 unspecified atom stereocenters. The highest BCUT2D eigenvalue weighted by atomic mass is 16.8. The van der Waals surface area contributed by atoms with E-state index in [0.29, 0.717) is 0 Å². The molecule has 0 aromatic carbocycles. The van der Waals surface area contributed by atoms with Crippen molar-refractivity contribution in [2.45, 2.75) is 130 Å². The number of hydrogen-bond acceptors (Lipinski definition) is 21. The normalized spacial score (nSPS) is 49.4. The molecule has 0 aliphatic carbocycles. The Balaban J connectivity index is 1.53. The van der Waals surface area contributed by atoms with E-state index in [2.05, 4.69) is 5.32 Å². The molecule has 4 aliphatic rings. The molecule has 4 saturated heterocycles. The van der Waals surface area contributed by atoms with Gasteiger partial charge in [-0.2, -0.15) is 0 Å². The number of hydrogen-bond donors (Lipinski definition) is 13. The summed E-state index contributed by atoms with van der Waals surface area (Å²) in [5.41, 5.74) is 0. The molecule has 22 heteroatoms. The minimum Gasteiger partial charge on any atom is -0.394 e. The number of aliphatic hydroxyl groups is 12. The summed E-state index contributed by atoms with van der Waals surface area (Å²) in [7, 11) is 1.23. The van der Waals surface area contributed by atoms with E-state index in [1.165, 1.54) is 7.11 Å². The molecule has 0 spiro atoms. The van der Waals surface area contributed by atoms with Gasteiger partial charge in [-0.05, 0) is 0 Å². The van der Waals surface area contributed by atoms with E-state index in [1.807, 2.05) is 0 Å². The maximum Gasteiger partial charge on any atom is 0.217 e. The van der Waals surface area contributed by atoms with Crippen molar-refractivity contribution >= 4 is 5.91 Å². The monoisotopic (exact) mass is 721 g/mol. The lowest BCUT2D eigenvalue weighted by Crippen LogP contribution is -2.68. The van der Waals surface area contributed by atoms with Crippen LogP contribution in [-0.2, 0) is 42.7 Å². The molecule has 4 rings (SSSR count). The Labute approximate surface area is 278 Å². The van der Waals surface area contributed by atoms with Gasteiger partial charge in [0.05, 0.1) is 26.4 Å². The maximum atomic E-state index is 11.9. The minimum atomic E-state index is -2.05. The van der Waals surface area contributed by atoms with Crippen molar-refractivity contribution < 1.29 is 104 Å². The van der Waals surface area contributed by atoms with Crippen molar-refractivity contribution in [3.8, 4) is 0 Å². The molecule has 0 aromatic heterocycles. The minimum absolute atomic E-state index is 0.622. The van der Waals surface area contributed by atoms with Gasteiger partial charge >= 0.3 is 0 Å². The van der Waals surface area contributed by atoms with Crippen LogP contribution < -0.4 is 5.32 Å². The van der Waals surface area contributed by atoms with Crippen LogP contribution in [0.3, 0.4) is 0 Å². The number of nitrogens with one attached hydrogen (secondary N) is 1. The lowest BCUT2D eigenvalue weighted by Gasteiger charge is -2.49. The SMILES string of the molecule is CO[C@H]1[C@H](O)[C@H](O)[C@@H](OC[C@H]2O[C@@H](O)[C@@H](O)[C@@H](O[C@H]3O[C@H](CO)[C@@H](O)[C@H](O)[C@@H]3O[C@@H]3O[C@H](CO)[C@@H](O)[C@H](O)[C@H]3NC(C)=O)[C@@H]2O)O[C@@H]1CO. The topological polar surface area (TPSA) is 346 Å². The fourth-order valence-corrected chi connectivity index (χ4v) is 6.09. The fraction of sp³-hybridized carbons (Fsp3) is 0.963. The van der Waals surface area contributed by atoms with Crippen LogP contribution in [0.15, 0.2) is 0 Å². The van der Waals surface area contributed by atoms with Gasteiger partial charge < -0.3 is 104 Å². The highest BCUT2D eigenvalue weighted by Crippen LogP contribution is 2.33. The van der Waals surface area contributed by atoms with Gasteiger partial charge in [0.2, 0.25) is 5.91 Å². The quantitative estimate of drug-likeness (QED) is 0.0889. The van der Waals surface area contributed by atoms with Crippen molar-refractivity contribution in [1.82, 2.24) is 5.32 Å². The van der Waals surface area contributed by atoms with E-state index in [0.717, 1.165) is 6.92 Å². The molecule has 0 radical (unpaired) electrons. The number of methoxy groups -OCH3 is 1. The van der Waals surface area contributed by atoms with Gasteiger partial charge in [0.25, 0.3) is 0 Å². The predicted octanol–water partition coefficient (Wildman–Crippen LogP) is -8.95. The van der Waals surface area contributed by atoms with Crippen LogP contribution in [0.2, 0.25) is 0 Å². The summed E-state index contributed by atoms with van der Waals surface area (Å²) in [6.07, 6.45) is -32.2. The van der Waals surface area contributed by atoms with Gasteiger partial charge in [-0.3, -0.25) is 4.79 Å². The van der Waals surface area contributed by atoms with Crippen LogP contribution >= 0.6 is 0 Å². The summed E-state index contributed by atoms with van der Waals surface area (Å²) in [5, 5.41) is 127.